The Bertz CT molecular complexity index is 517. The number of likely N-dealkylation sites (tertiary alicyclic amines) is 1. The van der Waals surface area contributed by atoms with Gasteiger partial charge in [0.25, 0.3) is 0 Å². The highest BCUT2D eigenvalue weighted by atomic mass is 32.2. The average Bonchev–Trinajstić information content (AvgIpc) is 2.63. The molecule has 0 unspecified atom stereocenters. The first-order valence-electron chi connectivity index (χ1n) is 9.15. The molecule has 24 heavy (non-hydrogen) atoms. The van der Waals surface area contributed by atoms with Crippen LogP contribution in [-0.2, 0) is 4.79 Å². The number of hydrogen-bond acceptors (Lipinski definition) is 4. The topological polar surface area (TPSA) is 35.6 Å². The molecule has 1 atom stereocenters. The first kappa shape index (κ1) is 17.8. The summed E-state index contributed by atoms with van der Waals surface area (Å²) in [4.78, 5) is 17.2. The number of hydrogen-bond donors (Lipinski definition) is 1. The molecule has 1 aromatic rings. The molecule has 0 aromatic heterocycles. The molecule has 0 radical (unpaired) electrons. The van der Waals surface area contributed by atoms with Gasteiger partial charge in [0.15, 0.2) is 0 Å². The zero-order valence-electron chi connectivity index (χ0n) is 14.6. The number of carbonyl (C=O) groups excluding carboxylic acids is 1. The van der Waals surface area contributed by atoms with Crippen LogP contribution in [0.2, 0.25) is 0 Å². The molecule has 0 aliphatic carbocycles. The largest absolute Gasteiger partial charge is 0.352 e. The van der Waals surface area contributed by atoms with E-state index in [-0.39, 0.29) is 5.91 Å². The first-order chi connectivity index (χ1) is 11.7. The van der Waals surface area contributed by atoms with E-state index in [0.29, 0.717) is 17.8 Å². The van der Waals surface area contributed by atoms with Gasteiger partial charge in [0.1, 0.15) is 0 Å². The van der Waals surface area contributed by atoms with Crippen molar-refractivity contribution in [3.63, 3.8) is 0 Å². The third kappa shape index (κ3) is 4.98. The van der Waals surface area contributed by atoms with Gasteiger partial charge < -0.3 is 10.2 Å². The molecule has 2 heterocycles. The molecular weight excluding hydrogens is 318 g/mol. The maximum atomic E-state index is 12.4. The SMILES string of the molecule is CCN1CCC(NC(=O)CN2CCS[C@@H](c3ccccc3)C2)CC1. The Morgan fingerprint density at radius 3 is 2.62 bits per heavy atom. The lowest BCUT2D eigenvalue weighted by molar-refractivity contribution is -0.123. The summed E-state index contributed by atoms with van der Waals surface area (Å²) in [7, 11) is 0. The van der Waals surface area contributed by atoms with Crippen molar-refractivity contribution in [1.82, 2.24) is 15.1 Å². The van der Waals surface area contributed by atoms with Crippen LogP contribution in [0.3, 0.4) is 0 Å². The molecule has 2 aliphatic heterocycles. The first-order valence-corrected chi connectivity index (χ1v) is 10.2. The van der Waals surface area contributed by atoms with Crippen LogP contribution in [0.4, 0.5) is 0 Å². The molecule has 0 saturated carbocycles. The smallest absolute Gasteiger partial charge is 0.234 e. The molecule has 1 amide bonds. The van der Waals surface area contributed by atoms with Crippen LogP contribution in [-0.4, -0.2) is 66.8 Å². The molecule has 4 nitrogen and oxygen atoms in total. The summed E-state index contributed by atoms with van der Waals surface area (Å²) >= 11 is 2.01. The highest BCUT2D eigenvalue weighted by Gasteiger charge is 2.25. The fourth-order valence-corrected chi connectivity index (χ4v) is 4.90. The van der Waals surface area contributed by atoms with Crippen molar-refractivity contribution in [3.8, 4) is 0 Å². The van der Waals surface area contributed by atoms with E-state index in [1.807, 2.05) is 11.8 Å². The number of benzene rings is 1. The Balaban J connectivity index is 1.44. The minimum atomic E-state index is 0.198. The van der Waals surface area contributed by atoms with Crippen molar-refractivity contribution in [2.75, 3.05) is 45.0 Å². The van der Waals surface area contributed by atoms with Crippen LogP contribution in [0.25, 0.3) is 0 Å². The Kier molecular flexibility index (Phi) is 6.58. The van der Waals surface area contributed by atoms with Gasteiger partial charge in [-0.3, -0.25) is 9.69 Å². The van der Waals surface area contributed by atoms with Gasteiger partial charge >= 0.3 is 0 Å². The average molecular weight is 348 g/mol. The molecule has 2 fully saturated rings. The second-order valence-electron chi connectivity index (χ2n) is 6.78. The summed E-state index contributed by atoms with van der Waals surface area (Å²) in [6, 6.07) is 11.0. The Morgan fingerprint density at radius 2 is 1.92 bits per heavy atom. The van der Waals surface area contributed by atoms with Crippen molar-refractivity contribution >= 4 is 17.7 Å². The van der Waals surface area contributed by atoms with Crippen LogP contribution in [0, 0.1) is 0 Å². The number of rotatable bonds is 5. The van der Waals surface area contributed by atoms with Crippen LogP contribution >= 0.6 is 11.8 Å². The van der Waals surface area contributed by atoms with Crippen LogP contribution in [0.1, 0.15) is 30.6 Å². The van der Waals surface area contributed by atoms with Gasteiger partial charge in [-0.2, -0.15) is 11.8 Å². The fourth-order valence-electron chi connectivity index (χ4n) is 3.59. The zero-order chi connectivity index (χ0) is 16.8. The zero-order valence-corrected chi connectivity index (χ0v) is 15.4. The summed E-state index contributed by atoms with van der Waals surface area (Å²) in [5.74, 6) is 1.30. The summed E-state index contributed by atoms with van der Waals surface area (Å²) in [5, 5.41) is 3.74. The van der Waals surface area contributed by atoms with Crippen molar-refractivity contribution < 1.29 is 4.79 Å². The van der Waals surface area contributed by atoms with Gasteiger partial charge in [0, 0.05) is 43.2 Å². The van der Waals surface area contributed by atoms with Crippen LogP contribution in [0.15, 0.2) is 30.3 Å². The van der Waals surface area contributed by atoms with Crippen molar-refractivity contribution in [2.45, 2.75) is 31.1 Å². The monoisotopic (exact) mass is 347 g/mol. The van der Waals surface area contributed by atoms with Gasteiger partial charge in [0.05, 0.1) is 6.54 Å². The van der Waals surface area contributed by atoms with E-state index in [1.165, 1.54) is 5.56 Å². The highest BCUT2D eigenvalue weighted by molar-refractivity contribution is 7.99. The fraction of sp³-hybridized carbons (Fsp3) is 0.632. The van der Waals surface area contributed by atoms with E-state index in [1.54, 1.807) is 0 Å². The molecule has 1 aromatic carbocycles. The minimum Gasteiger partial charge on any atom is -0.352 e. The van der Waals surface area contributed by atoms with Crippen LogP contribution < -0.4 is 5.32 Å². The lowest BCUT2D eigenvalue weighted by Gasteiger charge is -2.34. The lowest BCUT2D eigenvalue weighted by atomic mass is 10.1. The maximum Gasteiger partial charge on any atom is 0.234 e. The molecule has 132 valence electrons. The van der Waals surface area contributed by atoms with Gasteiger partial charge in [-0.05, 0) is 24.9 Å². The van der Waals surface area contributed by atoms with Gasteiger partial charge in [-0.1, -0.05) is 37.3 Å². The molecule has 3 rings (SSSR count). The molecular formula is C19H29N3OS. The second kappa shape index (κ2) is 8.88. The van der Waals surface area contributed by atoms with Gasteiger partial charge in [0.2, 0.25) is 5.91 Å². The third-order valence-electron chi connectivity index (χ3n) is 5.09. The van der Waals surface area contributed by atoms with E-state index >= 15 is 0 Å². The summed E-state index contributed by atoms with van der Waals surface area (Å²) < 4.78 is 0. The summed E-state index contributed by atoms with van der Waals surface area (Å²) in [5.41, 5.74) is 1.37. The molecule has 0 bridgehead atoms. The van der Waals surface area contributed by atoms with E-state index in [4.69, 9.17) is 0 Å². The quantitative estimate of drug-likeness (QED) is 0.887. The third-order valence-corrected chi connectivity index (χ3v) is 6.33. The number of thioether (sulfide) groups is 1. The summed E-state index contributed by atoms with van der Waals surface area (Å²) in [6.07, 6.45) is 2.17. The van der Waals surface area contributed by atoms with Crippen LogP contribution in [0.5, 0.6) is 0 Å². The number of nitrogens with zero attached hydrogens (tertiary/aromatic N) is 2. The van der Waals surface area contributed by atoms with E-state index in [0.717, 1.165) is 51.3 Å². The molecule has 2 aliphatic rings. The van der Waals surface area contributed by atoms with Gasteiger partial charge in [-0.25, -0.2) is 0 Å². The Morgan fingerprint density at radius 1 is 1.17 bits per heavy atom. The summed E-state index contributed by atoms with van der Waals surface area (Å²) in [6.45, 7) is 8.06. The number of nitrogens with one attached hydrogen (secondary N) is 1. The standard InChI is InChI=1S/C19H29N3OS/c1-2-21-10-8-17(9-11-21)20-19(23)15-22-12-13-24-18(14-22)16-6-4-3-5-7-16/h3-7,17-18H,2,8-15H2,1H3,(H,20,23)/t18-/m1/s1. The van der Waals surface area contributed by atoms with Crippen molar-refractivity contribution in [1.29, 1.82) is 0 Å². The maximum absolute atomic E-state index is 12.4. The van der Waals surface area contributed by atoms with Crippen molar-refractivity contribution in [3.05, 3.63) is 35.9 Å². The molecule has 1 N–H and O–H groups in total. The van der Waals surface area contributed by atoms with E-state index < -0.39 is 0 Å². The van der Waals surface area contributed by atoms with E-state index in [9.17, 15) is 4.79 Å². The number of carbonyl (C=O) groups is 1. The predicted octanol–water partition coefficient (Wildman–Crippen LogP) is 2.38. The second-order valence-corrected chi connectivity index (χ2v) is 8.09. The highest BCUT2D eigenvalue weighted by Crippen LogP contribution is 2.32. The predicted molar refractivity (Wildman–Crippen MR) is 101 cm³/mol. The lowest BCUT2D eigenvalue weighted by Crippen LogP contribution is -2.48. The molecule has 0 spiro atoms. The molecule has 5 heteroatoms. The minimum absolute atomic E-state index is 0.198. The number of amides is 1. The van der Waals surface area contributed by atoms with Crippen molar-refractivity contribution in [2.24, 2.45) is 0 Å². The molecule has 2 saturated heterocycles. The van der Waals surface area contributed by atoms with E-state index in [2.05, 4.69) is 52.4 Å². The Hall–Kier alpha value is -1.04. The normalized spacial score (nSPS) is 24.0. The Labute approximate surface area is 150 Å². The number of piperidine rings is 1. The van der Waals surface area contributed by atoms with Gasteiger partial charge in [-0.15, -0.1) is 0 Å².